The quantitative estimate of drug-likeness (QED) is 0.613. The molecule has 3 aromatic rings. The third kappa shape index (κ3) is 3.24. The van der Waals surface area contributed by atoms with Gasteiger partial charge < -0.3 is 19.9 Å². The van der Waals surface area contributed by atoms with Crippen molar-refractivity contribution in [3.63, 3.8) is 0 Å². The van der Waals surface area contributed by atoms with Crippen LogP contribution in [0.15, 0.2) is 24.4 Å². The number of aliphatic hydroxyl groups excluding tert-OH is 1. The predicted molar refractivity (Wildman–Crippen MR) is 101 cm³/mol. The number of carbonyl (C=O) groups is 1. The first-order valence-electron chi connectivity index (χ1n) is 8.92. The number of nitrogens with one attached hydrogen (secondary N) is 2. The second-order valence-electron chi connectivity index (χ2n) is 6.77. The van der Waals surface area contributed by atoms with Crippen LogP contribution in [0, 0.1) is 0 Å². The molecule has 3 N–H and O–H groups in total. The van der Waals surface area contributed by atoms with Crippen molar-refractivity contribution in [1.29, 1.82) is 0 Å². The van der Waals surface area contributed by atoms with E-state index in [2.05, 4.69) is 20.5 Å². The van der Waals surface area contributed by atoms with Gasteiger partial charge in [-0.3, -0.25) is 9.89 Å². The molecular formula is C19H21N5O4. The number of hydrogen-bond acceptors (Lipinski definition) is 7. The number of amides is 1. The zero-order valence-electron chi connectivity index (χ0n) is 15.7. The van der Waals surface area contributed by atoms with Crippen LogP contribution < -0.4 is 5.32 Å². The highest BCUT2D eigenvalue weighted by atomic mass is 16.5. The Bertz CT molecular complexity index is 1030. The van der Waals surface area contributed by atoms with E-state index < -0.39 is 5.60 Å². The van der Waals surface area contributed by atoms with Crippen LogP contribution in [0.1, 0.15) is 24.6 Å². The largest absolute Gasteiger partial charge is 0.392 e. The van der Waals surface area contributed by atoms with Gasteiger partial charge in [-0.1, -0.05) is 0 Å². The highest BCUT2D eigenvalue weighted by Crippen LogP contribution is 2.35. The average molecular weight is 383 g/mol. The van der Waals surface area contributed by atoms with Gasteiger partial charge in [0.05, 0.1) is 36.3 Å². The van der Waals surface area contributed by atoms with Crippen molar-refractivity contribution in [3.05, 3.63) is 35.7 Å². The number of hydrogen-bond donors (Lipinski definition) is 3. The Hall–Kier alpha value is -2.88. The molecule has 9 nitrogen and oxygen atoms in total. The molecule has 0 unspecified atom stereocenters. The Morgan fingerprint density at radius 2 is 2.29 bits per heavy atom. The van der Waals surface area contributed by atoms with E-state index in [4.69, 9.17) is 14.5 Å². The topological polar surface area (TPSA) is 122 Å². The minimum absolute atomic E-state index is 0.135. The van der Waals surface area contributed by atoms with Crippen molar-refractivity contribution in [2.75, 3.05) is 25.6 Å². The molecular weight excluding hydrogens is 362 g/mol. The van der Waals surface area contributed by atoms with Crippen LogP contribution in [-0.2, 0) is 26.5 Å². The van der Waals surface area contributed by atoms with Gasteiger partial charge in [0.25, 0.3) is 0 Å². The molecule has 4 heterocycles. The van der Waals surface area contributed by atoms with Crippen molar-refractivity contribution >= 4 is 22.6 Å². The third-order valence-electron chi connectivity index (χ3n) is 4.90. The molecule has 1 aliphatic heterocycles. The van der Waals surface area contributed by atoms with Crippen LogP contribution in [0.25, 0.3) is 22.3 Å². The summed E-state index contributed by atoms with van der Waals surface area (Å²) in [6, 6.07) is 5.37. The van der Waals surface area contributed by atoms with Gasteiger partial charge in [0.15, 0.2) is 0 Å². The molecule has 3 aromatic heterocycles. The number of pyridine rings is 2. The van der Waals surface area contributed by atoms with Gasteiger partial charge in [0.1, 0.15) is 17.1 Å². The van der Waals surface area contributed by atoms with Crippen LogP contribution in [0.3, 0.4) is 0 Å². The number of aromatic amines is 1. The SMILES string of the molecule is CO[C@@]1(c2cc(CO)cc(-c3n[nH]c4cnc(NC(C)=O)cc34)n2)CCOC1. The number of anilines is 1. The highest BCUT2D eigenvalue weighted by molar-refractivity contribution is 5.95. The number of ether oxygens (including phenoxy) is 2. The Morgan fingerprint density at radius 3 is 2.96 bits per heavy atom. The Labute approximate surface area is 161 Å². The molecule has 9 heteroatoms. The van der Waals surface area contributed by atoms with E-state index in [1.165, 1.54) is 6.92 Å². The summed E-state index contributed by atoms with van der Waals surface area (Å²) in [5, 5.41) is 20.5. The van der Waals surface area contributed by atoms with Crippen molar-refractivity contribution in [3.8, 4) is 11.4 Å². The summed E-state index contributed by atoms with van der Waals surface area (Å²) in [6.07, 6.45) is 2.29. The summed E-state index contributed by atoms with van der Waals surface area (Å²) in [4.78, 5) is 20.3. The fourth-order valence-electron chi connectivity index (χ4n) is 3.41. The molecule has 1 fully saturated rings. The Balaban J connectivity index is 1.84. The van der Waals surface area contributed by atoms with Gasteiger partial charge >= 0.3 is 0 Å². The van der Waals surface area contributed by atoms with Crippen molar-refractivity contribution in [2.45, 2.75) is 25.6 Å². The fourth-order valence-corrected chi connectivity index (χ4v) is 3.41. The first-order chi connectivity index (χ1) is 13.5. The van der Waals surface area contributed by atoms with E-state index in [0.717, 1.165) is 5.39 Å². The van der Waals surface area contributed by atoms with Crippen LogP contribution in [0.2, 0.25) is 0 Å². The monoisotopic (exact) mass is 383 g/mol. The van der Waals surface area contributed by atoms with Gasteiger partial charge in [-0.2, -0.15) is 5.10 Å². The number of aromatic nitrogens is 4. The lowest BCUT2D eigenvalue weighted by Gasteiger charge is -2.26. The summed E-state index contributed by atoms with van der Waals surface area (Å²) in [6.45, 7) is 2.28. The minimum Gasteiger partial charge on any atom is -0.392 e. The Morgan fingerprint density at radius 1 is 1.43 bits per heavy atom. The first kappa shape index (κ1) is 18.5. The molecule has 0 aromatic carbocycles. The number of rotatable bonds is 5. The summed E-state index contributed by atoms with van der Waals surface area (Å²) in [5.74, 6) is 0.224. The van der Waals surface area contributed by atoms with Gasteiger partial charge in [-0.15, -0.1) is 0 Å². The molecule has 0 aliphatic carbocycles. The maximum atomic E-state index is 11.3. The molecule has 0 radical (unpaired) electrons. The smallest absolute Gasteiger partial charge is 0.222 e. The van der Waals surface area contributed by atoms with Crippen LogP contribution in [-0.4, -0.2) is 51.5 Å². The summed E-state index contributed by atoms with van der Waals surface area (Å²) in [7, 11) is 1.64. The van der Waals surface area contributed by atoms with Crippen molar-refractivity contribution in [1.82, 2.24) is 20.2 Å². The van der Waals surface area contributed by atoms with E-state index in [1.54, 1.807) is 25.4 Å². The van der Waals surface area contributed by atoms with E-state index in [9.17, 15) is 9.90 Å². The molecule has 1 atom stereocenters. The van der Waals surface area contributed by atoms with Crippen LogP contribution >= 0.6 is 0 Å². The van der Waals surface area contributed by atoms with Crippen LogP contribution in [0.4, 0.5) is 5.82 Å². The number of fused-ring (bicyclic) bond motifs is 1. The predicted octanol–water partition coefficient (Wildman–Crippen LogP) is 1.73. The molecule has 28 heavy (non-hydrogen) atoms. The molecule has 1 amide bonds. The second kappa shape index (κ2) is 7.27. The fraction of sp³-hybridized carbons (Fsp3) is 0.368. The molecule has 4 rings (SSSR count). The standard InChI is InChI=1S/C19H21N5O4/c1-11(26)21-17-7-13-15(8-20-17)23-24-18(13)14-5-12(9-25)6-16(22-14)19(27-2)3-4-28-10-19/h5-8,25H,3-4,9-10H2,1-2H3,(H,23,24)(H,20,21,26)/t19-/m0/s1. The van der Waals surface area contributed by atoms with Gasteiger partial charge in [0.2, 0.25) is 5.91 Å². The summed E-state index contributed by atoms with van der Waals surface area (Å²) >= 11 is 0. The van der Waals surface area contributed by atoms with Gasteiger partial charge in [-0.05, 0) is 23.8 Å². The van der Waals surface area contributed by atoms with E-state index >= 15 is 0 Å². The second-order valence-corrected chi connectivity index (χ2v) is 6.77. The molecule has 1 aliphatic rings. The number of carbonyl (C=O) groups excluding carboxylic acids is 1. The van der Waals surface area contributed by atoms with E-state index in [-0.39, 0.29) is 12.5 Å². The minimum atomic E-state index is -0.644. The maximum Gasteiger partial charge on any atom is 0.222 e. The third-order valence-corrected chi connectivity index (χ3v) is 4.90. The highest BCUT2D eigenvalue weighted by Gasteiger charge is 2.39. The molecule has 1 saturated heterocycles. The molecule has 0 saturated carbocycles. The number of aliphatic hydroxyl groups is 1. The molecule has 0 spiro atoms. The van der Waals surface area contributed by atoms with E-state index in [0.29, 0.717) is 53.6 Å². The lowest BCUT2D eigenvalue weighted by Crippen LogP contribution is -2.30. The average Bonchev–Trinajstić information content (AvgIpc) is 3.34. The number of H-pyrrole nitrogens is 1. The summed E-state index contributed by atoms with van der Waals surface area (Å²) < 4.78 is 11.3. The van der Waals surface area contributed by atoms with Crippen molar-refractivity contribution < 1.29 is 19.4 Å². The lowest BCUT2D eigenvalue weighted by molar-refractivity contribution is -0.114. The zero-order valence-corrected chi connectivity index (χ0v) is 15.7. The normalized spacial score (nSPS) is 19.2. The molecule has 0 bridgehead atoms. The van der Waals surface area contributed by atoms with Crippen LogP contribution in [0.5, 0.6) is 0 Å². The maximum absolute atomic E-state index is 11.3. The number of nitrogens with zero attached hydrogens (tertiary/aromatic N) is 3. The zero-order chi connectivity index (χ0) is 19.7. The lowest BCUT2D eigenvalue weighted by atomic mass is 9.96. The van der Waals surface area contributed by atoms with Crippen molar-refractivity contribution in [2.24, 2.45) is 0 Å². The van der Waals surface area contributed by atoms with Gasteiger partial charge in [-0.25, -0.2) is 9.97 Å². The van der Waals surface area contributed by atoms with E-state index in [1.807, 2.05) is 6.07 Å². The van der Waals surface area contributed by atoms with Gasteiger partial charge in [0, 0.05) is 32.4 Å². The number of methoxy groups -OCH3 is 1. The Kier molecular flexibility index (Phi) is 4.80. The first-order valence-corrected chi connectivity index (χ1v) is 8.92. The summed E-state index contributed by atoms with van der Waals surface area (Å²) in [5.41, 5.74) is 2.67. The molecule has 146 valence electrons.